The van der Waals surface area contributed by atoms with Crippen LogP contribution in [0.4, 0.5) is 5.69 Å². The molecule has 7 heteroatoms. The molecule has 0 fully saturated rings. The Bertz CT molecular complexity index is 957. The van der Waals surface area contributed by atoms with Gasteiger partial charge < -0.3 is 15.6 Å². The van der Waals surface area contributed by atoms with Crippen LogP contribution < -0.4 is 10.5 Å². The van der Waals surface area contributed by atoms with E-state index in [0.29, 0.717) is 22.6 Å². The predicted molar refractivity (Wildman–Crippen MR) is 99.8 cm³/mol. The zero-order valence-corrected chi connectivity index (χ0v) is 15.0. The molecule has 3 rings (SSSR count). The van der Waals surface area contributed by atoms with Gasteiger partial charge in [-0.25, -0.2) is 9.89 Å². The van der Waals surface area contributed by atoms with Crippen molar-refractivity contribution in [3.8, 4) is 18.0 Å². The number of hydrogen-bond acceptors (Lipinski definition) is 5. The maximum atomic E-state index is 10.9. The maximum Gasteiger partial charge on any atom is 0.210 e. The van der Waals surface area contributed by atoms with Gasteiger partial charge in [-0.1, -0.05) is 18.2 Å². The molecule has 2 aromatic carbocycles. The summed E-state index contributed by atoms with van der Waals surface area (Å²) in [6.07, 6.45) is 0.937. The number of ether oxygens (including phenoxy) is 1. The third-order valence-electron chi connectivity index (χ3n) is 4.47. The van der Waals surface area contributed by atoms with Crippen LogP contribution in [0.15, 0.2) is 53.5 Å². The minimum Gasteiger partial charge on any atom is -0.485 e. The van der Waals surface area contributed by atoms with Crippen LogP contribution in [0.5, 0.6) is 5.75 Å². The molecule has 1 heterocycles. The molecule has 0 saturated carbocycles. The van der Waals surface area contributed by atoms with E-state index in [-0.39, 0.29) is 5.96 Å². The minimum absolute atomic E-state index is 0.0567. The average molecular weight is 361 g/mol. The molecule has 0 saturated heterocycles. The SMILES string of the molecule is CC1(C)Oc2ccc(C#N)cc2[C@@H](N(C#N)C(N)=Nc2ccccc2)[C@@H]1O. The smallest absolute Gasteiger partial charge is 0.210 e. The highest BCUT2D eigenvalue weighted by molar-refractivity contribution is 5.83. The van der Waals surface area contributed by atoms with Gasteiger partial charge in [0, 0.05) is 5.56 Å². The fourth-order valence-electron chi connectivity index (χ4n) is 3.06. The number of nitriles is 2. The van der Waals surface area contributed by atoms with Gasteiger partial charge >= 0.3 is 0 Å². The Morgan fingerprint density at radius 2 is 1.93 bits per heavy atom. The van der Waals surface area contributed by atoms with E-state index in [4.69, 9.17) is 10.5 Å². The molecule has 0 bridgehead atoms. The molecule has 7 nitrogen and oxygen atoms in total. The summed E-state index contributed by atoms with van der Waals surface area (Å²) >= 11 is 0. The van der Waals surface area contributed by atoms with Crippen LogP contribution in [0.3, 0.4) is 0 Å². The standard InChI is InChI=1S/C20H19N5O2/c1-20(2)18(26)17(15-10-13(11-21)8-9-16(15)27-20)25(12-22)19(23)24-14-6-4-3-5-7-14/h3-10,17-18,26H,1-2H3,(H2,23,24)/t17-,18+/m1/s1. The van der Waals surface area contributed by atoms with E-state index in [1.807, 2.05) is 24.4 Å². The molecular formula is C20H19N5O2. The summed E-state index contributed by atoms with van der Waals surface area (Å²) in [5.41, 5.74) is 6.63. The van der Waals surface area contributed by atoms with Gasteiger partial charge in [-0.3, -0.25) is 0 Å². The van der Waals surface area contributed by atoms with Crippen LogP contribution in [-0.4, -0.2) is 27.7 Å². The fourth-order valence-corrected chi connectivity index (χ4v) is 3.06. The number of hydrogen-bond donors (Lipinski definition) is 2. The normalized spacial score (nSPS) is 20.6. The molecule has 0 spiro atoms. The Labute approximate surface area is 157 Å². The maximum absolute atomic E-state index is 10.9. The number of rotatable bonds is 2. The predicted octanol–water partition coefficient (Wildman–Crippen LogP) is 2.56. The van der Waals surface area contributed by atoms with Crippen molar-refractivity contribution in [2.45, 2.75) is 31.6 Å². The Morgan fingerprint density at radius 1 is 1.22 bits per heavy atom. The molecule has 2 atom stereocenters. The highest BCUT2D eigenvalue weighted by atomic mass is 16.5. The third kappa shape index (κ3) is 3.41. The summed E-state index contributed by atoms with van der Waals surface area (Å²) < 4.78 is 5.88. The fraction of sp³-hybridized carbons (Fsp3) is 0.250. The number of nitrogens with two attached hydrogens (primary N) is 1. The van der Waals surface area contributed by atoms with E-state index in [1.165, 1.54) is 0 Å². The summed E-state index contributed by atoms with van der Waals surface area (Å²) in [5, 5.41) is 29.9. The number of para-hydroxylation sites is 1. The van der Waals surface area contributed by atoms with Gasteiger partial charge in [-0.15, -0.1) is 0 Å². The lowest BCUT2D eigenvalue weighted by Crippen LogP contribution is -2.54. The minimum atomic E-state index is -1.08. The van der Waals surface area contributed by atoms with Crippen LogP contribution in [0.1, 0.15) is 31.0 Å². The van der Waals surface area contributed by atoms with Gasteiger partial charge in [0.25, 0.3) is 0 Å². The lowest BCUT2D eigenvalue weighted by atomic mass is 9.85. The first-order chi connectivity index (χ1) is 12.9. The Hall–Kier alpha value is -3.55. The topological polar surface area (TPSA) is 119 Å². The van der Waals surface area contributed by atoms with E-state index in [9.17, 15) is 15.6 Å². The highest BCUT2D eigenvalue weighted by Gasteiger charge is 2.46. The molecule has 136 valence electrons. The quantitative estimate of drug-likeness (QED) is 0.367. The van der Waals surface area contributed by atoms with Crippen LogP contribution in [0.2, 0.25) is 0 Å². The molecule has 2 aromatic rings. The number of aliphatic hydroxyl groups excluding tert-OH is 1. The van der Waals surface area contributed by atoms with Crippen molar-refractivity contribution in [3.63, 3.8) is 0 Å². The van der Waals surface area contributed by atoms with Gasteiger partial charge in [0.2, 0.25) is 5.96 Å². The Morgan fingerprint density at radius 3 is 2.56 bits per heavy atom. The molecule has 3 N–H and O–H groups in total. The van der Waals surface area contributed by atoms with Gasteiger partial charge in [0.05, 0.1) is 17.3 Å². The first-order valence-corrected chi connectivity index (χ1v) is 8.36. The summed E-state index contributed by atoms with van der Waals surface area (Å²) in [6, 6.07) is 15.1. The van der Waals surface area contributed by atoms with E-state index < -0.39 is 17.7 Å². The van der Waals surface area contributed by atoms with E-state index in [2.05, 4.69) is 11.1 Å². The molecule has 0 amide bonds. The van der Waals surface area contributed by atoms with E-state index >= 15 is 0 Å². The third-order valence-corrected chi connectivity index (χ3v) is 4.47. The number of guanidine groups is 1. The Kier molecular flexibility index (Phi) is 4.72. The van der Waals surface area contributed by atoms with E-state index in [0.717, 1.165) is 4.90 Å². The van der Waals surface area contributed by atoms with Gasteiger partial charge in [-0.2, -0.15) is 10.5 Å². The monoisotopic (exact) mass is 361 g/mol. The zero-order chi connectivity index (χ0) is 19.6. The average Bonchev–Trinajstić information content (AvgIpc) is 2.65. The lowest BCUT2D eigenvalue weighted by molar-refractivity contribution is -0.0751. The summed E-state index contributed by atoms with van der Waals surface area (Å²) in [4.78, 5) is 5.44. The van der Waals surface area contributed by atoms with Crippen molar-refractivity contribution in [3.05, 3.63) is 59.7 Å². The van der Waals surface area contributed by atoms with E-state index in [1.54, 1.807) is 44.2 Å². The second-order valence-electron chi connectivity index (χ2n) is 6.74. The van der Waals surface area contributed by atoms with Crippen LogP contribution in [0.25, 0.3) is 0 Å². The largest absolute Gasteiger partial charge is 0.485 e. The first kappa shape index (κ1) is 18.2. The van der Waals surface area contributed by atoms with Gasteiger partial charge in [-0.05, 0) is 44.2 Å². The number of benzene rings is 2. The number of nitrogens with zero attached hydrogens (tertiary/aromatic N) is 4. The van der Waals surface area contributed by atoms with Gasteiger partial charge in [0.1, 0.15) is 23.5 Å². The van der Waals surface area contributed by atoms with Crippen molar-refractivity contribution in [1.82, 2.24) is 4.90 Å². The summed E-state index contributed by atoms with van der Waals surface area (Å²) in [7, 11) is 0. The number of aliphatic hydroxyl groups is 1. The lowest BCUT2D eigenvalue weighted by Gasteiger charge is -2.44. The molecule has 0 unspecified atom stereocenters. The summed E-state index contributed by atoms with van der Waals surface area (Å²) in [6.45, 7) is 3.46. The molecular weight excluding hydrogens is 342 g/mol. The van der Waals surface area contributed by atoms with Crippen molar-refractivity contribution in [2.24, 2.45) is 10.7 Å². The van der Waals surface area contributed by atoms with Gasteiger partial charge in [0.15, 0.2) is 6.19 Å². The molecule has 1 aliphatic heterocycles. The van der Waals surface area contributed by atoms with Crippen molar-refractivity contribution >= 4 is 11.6 Å². The molecule has 0 radical (unpaired) electrons. The molecule has 0 aliphatic carbocycles. The van der Waals surface area contributed by atoms with Crippen molar-refractivity contribution in [1.29, 1.82) is 10.5 Å². The number of fused-ring (bicyclic) bond motifs is 1. The highest BCUT2D eigenvalue weighted by Crippen LogP contribution is 2.43. The van der Waals surface area contributed by atoms with Crippen LogP contribution >= 0.6 is 0 Å². The van der Waals surface area contributed by atoms with Crippen LogP contribution in [-0.2, 0) is 0 Å². The summed E-state index contributed by atoms with van der Waals surface area (Å²) in [5.74, 6) is 0.431. The van der Waals surface area contributed by atoms with Crippen LogP contribution in [0, 0.1) is 22.8 Å². The first-order valence-electron chi connectivity index (χ1n) is 8.36. The molecule has 1 aliphatic rings. The zero-order valence-electron chi connectivity index (χ0n) is 15.0. The molecule has 0 aromatic heterocycles. The Balaban J connectivity index is 2.11. The second-order valence-corrected chi connectivity index (χ2v) is 6.74. The number of aliphatic imine (C=N–C) groups is 1. The van der Waals surface area contributed by atoms with Crippen molar-refractivity contribution in [2.75, 3.05) is 0 Å². The molecule has 27 heavy (non-hydrogen) atoms. The van der Waals surface area contributed by atoms with Crippen molar-refractivity contribution < 1.29 is 9.84 Å². The second kappa shape index (κ2) is 6.99.